The van der Waals surface area contributed by atoms with Crippen molar-refractivity contribution in [1.29, 1.82) is 0 Å². The fourth-order valence-corrected chi connectivity index (χ4v) is 4.70. The van der Waals surface area contributed by atoms with E-state index in [2.05, 4.69) is 24.6 Å². The summed E-state index contributed by atoms with van der Waals surface area (Å²) in [4.78, 5) is 13.2. The number of hydrogen-bond donors (Lipinski definition) is 1. The molecule has 4 aromatic rings. The topological polar surface area (TPSA) is 81.6 Å². The lowest BCUT2D eigenvalue weighted by Crippen LogP contribution is -2.30. The predicted octanol–water partition coefficient (Wildman–Crippen LogP) is 8.09. The average molecular weight is 614 g/mol. The highest BCUT2D eigenvalue weighted by Crippen LogP contribution is 2.43. The summed E-state index contributed by atoms with van der Waals surface area (Å²) in [6.07, 6.45) is -3.80. The number of amides is 2. The number of fused-ring (bicyclic) bond motifs is 1. The molecule has 0 radical (unpaired) electrons. The van der Waals surface area contributed by atoms with Crippen LogP contribution in [0.2, 0.25) is 5.02 Å². The summed E-state index contributed by atoms with van der Waals surface area (Å²) in [6.45, 7) is -2.95. The number of carbonyl (C=O) groups is 1. The van der Waals surface area contributed by atoms with Crippen LogP contribution in [0, 0.1) is 0 Å². The van der Waals surface area contributed by atoms with Crippen molar-refractivity contribution in [3.05, 3.63) is 107 Å². The van der Waals surface area contributed by atoms with Gasteiger partial charge in [0.25, 0.3) is 0 Å². The van der Waals surface area contributed by atoms with Crippen molar-refractivity contribution in [3.63, 3.8) is 0 Å². The van der Waals surface area contributed by atoms with Gasteiger partial charge in [-0.1, -0.05) is 17.7 Å². The van der Waals surface area contributed by atoms with Crippen LogP contribution in [0.3, 0.4) is 0 Å². The summed E-state index contributed by atoms with van der Waals surface area (Å²) in [5, 5.41) is 9.04. The molecule has 0 saturated carbocycles. The molecule has 6 rings (SSSR count). The molecule has 220 valence electrons. The quantitative estimate of drug-likeness (QED) is 0.213. The second kappa shape index (κ2) is 11.4. The van der Waals surface area contributed by atoms with E-state index < -0.39 is 24.9 Å². The van der Waals surface area contributed by atoms with Gasteiger partial charge in [-0.25, -0.2) is 9.80 Å². The summed E-state index contributed by atoms with van der Waals surface area (Å²) in [7, 11) is 0. The van der Waals surface area contributed by atoms with Crippen molar-refractivity contribution in [1.82, 2.24) is 5.01 Å². The van der Waals surface area contributed by atoms with Gasteiger partial charge in [0.15, 0.2) is 11.5 Å². The molecule has 43 heavy (non-hydrogen) atoms. The fourth-order valence-electron chi connectivity index (χ4n) is 4.57. The Hall–Kier alpha value is -4.97. The third kappa shape index (κ3) is 6.44. The molecule has 1 unspecified atom stereocenters. The predicted molar refractivity (Wildman–Crippen MR) is 149 cm³/mol. The molecular formula is C30H20ClF4N3O5. The molecular weight excluding hydrogens is 594 g/mol. The van der Waals surface area contributed by atoms with Gasteiger partial charge in [-0.3, -0.25) is 0 Å². The third-order valence-corrected chi connectivity index (χ3v) is 6.76. The normalized spacial score (nSPS) is 16.7. The van der Waals surface area contributed by atoms with Crippen molar-refractivity contribution in [2.24, 2.45) is 5.10 Å². The van der Waals surface area contributed by atoms with Crippen molar-refractivity contribution in [2.45, 2.75) is 18.8 Å². The van der Waals surface area contributed by atoms with E-state index in [1.165, 1.54) is 41.4 Å². The van der Waals surface area contributed by atoms with Crippen molar-refractivity contribution in [2.75, 3.05) is 11.9 Å². The summed E-state index contributed by atoms with van der Waals surface area (Å²) in [6, 6.07) is 23.0. The van der Waals surface area contributed by atoms with Gasteiger partial charge in [0.05, 0.1) is 12.3 Å². The lowest BCUT2D eigenvalue weighted by atomic mass is 9.90. The molecule has 2 aliphatic heterocycles. The van der Waals surface area contributed by atoms with Crippen molar-refractivity contribution < 1.29 is 41.3 Å². The lowest BCUT2D eigenvalue weighted by Gasteiger charge is -2.16. The van der Waals surface area contributed by atoms with E-state index in [4.69, 9.17) is 16.3 Å². The van der Waals surface area contributed by atoms with Gasteiger partial charge in [-0.05, 0) is 96.1 Å². The van der Waals surface area contributed by atoms with Crippen molar-refractivity contribution in [3.8, 4) is 28.7 Å². The van der Waals surface area contributed by atoms with Crippen LogP contribution < -0.4 is 24.3 Å². The first-order valence-electron chi connectivity index (χ1n) is 12.8. The van der Waals surface area contributed by atoms with Gasteiger partial charge in [0.2, 0.25) is 0 Å². The molecule has 1 N–H and O–H groups in total. The molecule has 0 aromatic heterocycles. The van der Waals surface area contributed by atoms with Crippen LogP contribution in [0.4, 0.5) is 28.0 Å². The Morgan fingerprint density at radius 3 is 2.21 bits per heavy atom. The second-order valence-corrected chi connectivity index (χ2v) is 9.84. The monoisotopic (exact) mass is 613 g/mol. The van der Waals surface area contributed by atoms with E-state index in [1.807, 2.05) is 0 Å². The standard InChI is InChI=1S/C30H20ClF4N3O5/c31-19-4-10-21(11-5-19)40-22-12-6-20(7-13-22)36-29(39)38-16-24(18-3-14-25-26(15-18)43-30(34,35)42-25)27(37-38)17-1-8-23(9-2-17)41-28(32)33/h1-15,24,28H,16H2,(H,36,39). The SMILES string of the molecule is O=C(Nc1ccc(Oc2ccc(Cl)cc2)cc1)N1CC(c2ccc3c(c2)OC(F)(F)O3)C(c2ccc(OC(F)F)cc2)=N1. The van der Waals surface area contributed by atoms with E-state index in [-0.39, 0.29) is 23.8 Å². The number of halogens is 5. The highest BCUT2D eigenvalue weighted by molar-refractivity contribution is 6.30. The van der Waals surface area contributed by atoms with Crippen LogP contribution in [0.5, 0.6) is 28.7 Å². The van der Waals surface area contributed by atoms with Gasteiger partial charge in [0, 0.05) is 16.6 Å². The number of hydrogen-bond acceptors (Lipinski definition) is 6. The molecule has 2 amide bonds. The summed E-state index contributed by atoms with van der Waals surface area (Å²) in [5.74, 6) is 0.202. The number of nitrogens with one attached hydrogen (secondary N) is 1. The average Bonchev–Trinajstić information content (AvgIpc) is 3.55. The minimum Gasteiger partial charge on any atom is -0.457 e. The minimum atomic E-state index is -3.80. The second-order valence-electron chi connectivity index (χ2n) is 9.41. The van der Waals surface area contributed by atoms with E-state index in [0.717, 1.165) is 0 Å². The smallest absolute Gasteiger partial charge is 0.457 e. The maximum absolute atomic E-state index is 13.6. The molecule has 0 spiro atoms. The van der Waals surface area contributed by atoms with Gasteiger partial charge in [-0.2, -0.15) is 13.9 Å². The zero-order valence-corrected chi connectivity index (χ0v) is 22.6. The first-order valence-corrected chi connectivity index (χ1v) is 13.2. The first kappa shape index (κ1) is 28.2. The molecule has 2 aliphatic rings. The summed E-state index contributed by atoms with van der Waals surface area (Å²) < 4.78 is 71.8. The molecule has 2 heterocycles. The zero-order chi connectivity index (χ0) is 30.1. The highest BCUT2D eigenvalue weighted by atomic mass is 35.5. The maximum atomic E-state index is 13.6. The van der Waals surface area contributed by atoms with Crippen LogP contribution in [0.25, 0.3) is 0 Å². The molecule has 1 atom stereocenters. The molecule has 8 nitrogen and oxygen atoms in total. The Balaban J connectivity index is 1.22. The van der Waals surface area contributed by atoms with Crippen molar-refractivity contribution >= 4 is 29.0 Å². The van der Waals surface area contributed by atoms with Gasteiger partial charge in [-0.15, -0.1) is 8.78 Å². The number of benzene rings is 4. The Labute approximate surface area is 247 Å². The van der Waals surface area contributed by atoms with Crippen LogP contribution in [-0.4, -0.2) is 36.2 Å². The largest absolute Gasteiger partial charge is 0.586 e. The van der Waals surface area contributed by atoms with Crippen LogP contribution in [0.15, 0.2) is 96.1 Å². The van der Waals surface area contributed by atoms with Gasteiger partial charge >= 0.3 is 18.9 Å². The molecule has 4 aromatic carbocycles. The molecule has 0 bridgehead atoms. The fraction of sp³-hybridized carbons (Fsp3) is 0.133. The Morgan fingerprint density at radius 2 is 1.53 bits per heavy atom. The van der Waals surface area contributed by atoms with E-state index >= 15 is 0 Å². The number of alkyl halides is 4. The number of rotatable bonds is 7. The number of anilines is 1. The zero-order valence-electron chi connectivity index (χ0n) is 21.8. The number of carbonyl (C=O) groups excluding carboxylic acids is 1. The van der Waals surface area contributed by atoms with E-state index in [9.17, 15) is 22.4 Å². The third-order valence-electron chi connectivity index (χ3n) is 6.51. The molecule has 0 saturated heterocycles. The minimum absolute atomic E-state index is 0.0459. The lowest BCUT2D eigenvalue weighted by molar-refractivity contribution is -0.286. The Kier molecular flexibility index (Phi) is 7.45. The van der Waals surface area contributed by atoms with E-state index in [1.54, 1.807) is 54.6 Å². The molecule has 13 heteroatoms. The van der Waals surface area contributed by atoms with E-state index in [0.29, 0.717) is 39.0 Å². The Morgan fingerprint density at radius 1 is 0.907 bits per heavy atom. The summed E-state index contributed by atoms with van der Waals surface area (Å²) in [5.41, 5.74) is 1.89. The molecule has 0 fully saturated rings. The number of hydrazone groups is 1. The summed E-state index contributed by atoms with van der Waals surface area (Å²) >= 11 is 5.90. The highest BCUT2D eigenvalue weighted by Gasteiger charge is 2.44. The number of nitrogens with zero attached hydrogens (tertiary/aromatic N) is 2. The van der Waals surface area contributed by atoms with Crippen LogP contribution >= 0.6 is 11.6 Å². The number of ether oxygens (including phenoxy) is 4. The van der Waals surface area contributed by atoms with Crippen LogP contribution in [0.1, 0.15) is 17.0 Å². The number of urea groups is 1. The van der Waals surface area contributed by atoms with Gasteiger partial charge < -0.3 is 24.3 Å². The Bertz CT molecular complexity index is 1670. The molecule has 0 aliphatic carbocycles. The van der Waals surface area contributed by atoms with Crippen LogP contribution in [-0.2, 0) is 0 Å². The first-order chi connectivity index (χ1) is 20.6. The van der Waals surface area contributed by atoms with Gasteiger partial charge in [0.1, 0.15) is 17.2 Å². The maximum Gasteiger partial charge on any atom is 0.586 e.